The molecule has 0 N–H and O–H groups in total. The van der Waals surface area contributed by atoms with Gasteiger partial charge in [-0.2, -0.15) is 0 Å². The van der Waals surface area contributed by atoms with E-state index in [9.17, 15) is 0 Å². The van der Waals surface area contributed by atoms with Gasteiger partial charge in [-0.25, -0.2) is 0 Å². The van der Waals surface area contributed by atoms with E-state index in [2.05, 4.69) is 30.3 Å². The minimum absolute atomic E-state index is 0.160. The van der Waals surface area contributed by atoms with E-state index in [1.54, 1.807) is 18.2 Å². The number of rotatable bonds is 3. The zero-order valence-electron chi connectivity index (χ0n) is 19.9. The van der Waals surface area contributed by atoms with Gasteiger partial charge in [0.25, 0.3) is 0 Å². The molecule has 0 heterocycles. The summed E-state index contributed by atoms with van der Waals surface area (Å²) in [5.74, 6) is 6.29. The van der Waals surface area contributed by atoms with Crippen LogP contribution in [-0.2, 0) is 11.3 Å². The van der Waals surface area contributed by atoms with Crippen LogP contribution in [0.4, 0.5) is 0 Å². The van der Waals surface area contributed by atoms with Gasteiger partial charge in [-0.3, -0.25) is 0 Å². The molecule has 6 fully saturated rings. The van der Waals surface area contributed by atoms with E-state index in [0.717, 1.165) is 41.9 Å². The second kappa shape index (κ2) is 7.00. The number of fused-ring (bicyclic) bond motifs is 5. The zero-order valence-corrected chi connectivity index (χ0v) is 19.9. The summed E-state index contributed by atoms with van der Waals surface area (Å²) in [5, 5.41) is 4.46. The normalized spacial score (nSPS) is 47.1. The molecule has 0 unspecified atom stereocenters. The number of benzene rings is 1. The van der Waals surface area contributed by atoms with Gasteiger partial charge in [0.15, 0.2) is 0 Å². The summed E-state index contributed by atoms with van der Waals surface area (Å²) in [6.07, 6.45) is 15.9. The fourth-order valence-corrected chi connectivity index (χ4v) is 10.1. The Labute approximate surface area is 193 Å². The molecule has 1 aromatic rings. The van der Waals surface area contributed by atoms with Gasteiger partial charge in [0.05, 0.1) is 5.71 Å². The Morgan fingerprint density at radius 1 is 0.938 bits per heavy atom. The second-order valence-electron chi connectivity index (χ2n) is 12.7. The Kier molecular flexibility index (Phi) is 4.35. The highest BCUT2D eigenvalue weighted by molar-refractivity contribution is 5.92. The van der Waals surface area contributed by atoms with Crippen LogP contribution in [0.2, 0.25) is 0 Å². The van der Waals surface area contributed by atoms with Crippen LogP contribution in [-0.4, -0.2) is 18.4 Å². The highest BCUT2D eigenvalue weighted by Gasteiger charge is 2.54. The van der Waals surface area contributed by atoms with Crippen LogP contribution >= 0.6 is 0 Å². The Hall–Kier alpha value is -1.51. The molecule has 0 spiro atoms. The lowest BCUT2D eigenvalue weighted by Gasteiger charge is -2.56. The fourth-order valence-electron chi connectivity index (χ4n) is 10.1. The Bertz CT molecular complexity index is 915. The van der Waals surface area contributed by atoms with Gasteiger partial charge in [0.2, 0.25) is 0 Å². The summed E-state index contributed by atoms with van der Waals surface area (Å²) in [7, 11) is 1.70. The first-order valence-electron chi connectivity index (χ1n) is 13.5. The maximum atomic E-state index is 6.91. The van der Waals surface area contributed by atoms with Crippen molar-refractivity contribution in [3.8, 4) is 5.75 Å². The minimum Gasteiger partial charge on any atom is -0.487 e. The van der Waals surface area contributed by atoms with Crippen molar-refractivity contribution < 1.29 is 9.57 Å². The van der Waals surface area contributed by atoms with Gasteiger partial charge in [-0.1, -0.05) is 18.1 Å². The van der Waals surface area contributed by atoms with Crippen molar-refractivity contribution in [1.29, 1.82) is 0 Å². The molecular weight excluding hydrogens is 394 g/mol. The molecule has 3 nitrogen and oxygen atoms in total. The lowest BCUT2D eigenvalue weighted by atomic mass is 9.54. The van der Waals surface area contributed by atoms with E-state index in [0.29, 0.717) is 0 Å². The monoisotopic (exact) mass is 433 g/mol. The van der Waals surface area contributed by atoms with Crippen molar-refractivity contribution in [3.05, 3.63) is 29.3 Å². The molecule has 0 amide bonds. The van der Waals surface area contributed by atoms with Gasteiger partial charge in [0, 0.05) is 5.41 Å². The molecule has 7 aliphatic rings. The van der Waals surface area contributed by atoms with Gasteiger partial charge in [-0.15, -0.1) is 0 Å². The summed E-state index contributed by atoms with van der Waals surface area (Å²) in [6, 6.07) is 7.24. The third-order valence-electron chi connectivity index (χ3n) is 11.0. The lowest BCUT2D eigenvalue weighted by molar-refractivity contribution is -0.107. The van der Waals surface area contributed by atoms with Crippen molar-refractivity contribution in [2.45, 2.75) is 95.5 Å². The molecule has 0 aliphatic heterocycles. The first-order chi connectivity index (χ1) is 15.6. The molecule has 4 atom stereocenters. The highest BCUT2D eigenvalue weighted by atomic mass is 16.6. The molecular formula is C29H39NO2. The van der Waals surface area contributed by atoms with E-state index in [-0.39, 0.29) is 11.0 Å². The average Bonchev–Trinajstić information content (AvgIpc) is 3.09. The molecule has 6 saturated carbocycles. The predicted molar refractivity (Wildman–Crippen MR) is 127 cm³/mol. The van der Waals surface area contributed by atoms with E-state index in [4.69, 9.17) is 9.57 Å². The molecule has 7 aliphatic carbocycles. The van der Waals surface area contributed by atoms with Crippen molar-refractivity contribution in [3.63, 3.8) is 0 Å². The molecule has 172 valence electrons. The number of hydrogen-bond donors (Lipinski definition) is 0. The average molecular weight is 434 g/mol. The smallest absolute Gasteiger partial charge is 0.120 e. The summed E-state index contributed by atoms with van der Waals surface area (Å²) >= 11 is 0. The third-order valence-corrected chi connectivity index (χ3v) is 11.0. The van der Waals surface area contributed by atoms with Gasteiger partial charge in [0.1, 0.15) is 18.5 Å². The molecule has 32 heavy (non-hydrogen) atoms. The maximum absolute atomic E-state index is 6.91. The Balaban J connectivity index is 1.13. The summed E-state index contributed by atoms with van der Waals surface area (Å²) in [4.78, 5) is 5.22. The Morgan fingerprint density at radius 3 is 2.41 bits per heavy atom. The number of nitrogens with zero attached hydrogens (tertiary/aromatic N) is 1. The number of oxime groups is 1. The zero-order chi connectivity index (χ0) is 21.5. The maximum Gasteiger partial charge on any atom is 0.120 e. The van der Waals surface area contributed by atoms with Crippen LogP contribution in [0.5, 0.6) is 5.75 Å². The Morgan fingerprint density at radius 2 is 1.69 bits per heavy atom. The summed E-state index contributed by atoms with van der Waals surface area (Å²) < 4.78 is 6.91. The predicted octanol–water partition coefficient (Wildman–Crippen LogP) is 6.89. The first-order valence-corrected chi connectivity index (χ1v) is 13.5. The van der Waals surface area contributed by atoms with Crippen LogP contribution in [0.3, 0.4) is 0 Å². The summed E-state index contributed by atoms with van der Waals surface area (Å²) in [5.41, 5.74) is 4.97. The lowest BCUT2D eigenvalue weighted by Crippen LogP contribution is -2.53. The van der Waals surface area contributed by atoms with Crippen LogP contribution in [0.15, 0.2) is 23.4 Å². The number of ether oxygens (including phenoxy) is 1. The van der Waals surface area contributed by atoms with Crippen molar-refractivity contribution in [1.82, 2.24) is 0 Å². The van der Waals surface area contributed by atoms with E-state index in [1.165, 1.54) is 82.1 Å². The minimum atomic E-state index is 0.160. The van der Waals surface area contributed by atoms with E-state index in [1.807, 2.05) is 0 Å². The van der Waals surface area contributed by atoms with Crippen LogP contribution < -0.4 is 4.74 Å². The van der Waals surface area contributed by atoms with Crippen LogP contribution in [0.1, 0.15) is 94.6 Å². The van der Waals surface area contributed by atoms with Crippen LogP contribution in [0.25, 0.3) is 0 Å². The molecule has 4 bridgehead atoms. The first kappa shape index (κ1) is 19.9. The largest absolute Gasteiger partial charge is 0.487 e. The third kappa shape index (κ3) is 2.88. The van der Waals surface area contributed by atoms with E-state index >= 15 is 0 Å². The molecule has 1 aromatic carbocycles. The molecule has 0 saturated heterocycles. The SMILES string of the molecule is CO/N=C1\CC[C@H]2[C@@H]3CCc4cc(OC56CC7CC(CC(C7)C5)C6)ccc4[C@H]3CC[C@]12C. The molecule has 0 radical (unpaired) electrons. The van der Waals surface area contributed by atoms with Gasteiger partial charge >= 0.3 is 0 Å². The van der Waals surface area contributed by atoms with Gasteiger partial charge in [-0.05, 0) is 136 Å². The van der Waals surface area contributed by atoms with Crippen LogP contribution in [0, 0.1) is 35.0 Å². The quantitative estimate of drug-likeness (QED) is 0.486. The molecule has 3 heteroatoms. The highest BCUT2D eigenvalue weighted by Crippen LogP contribution is 2.61. The number of hydrogen-bond acceptors (Lipinski definition) is 3. The molecule has 0 aromatic heterocycles. The van der Waals surface area contributed by atoms with E-state index < -0.39 is 0 Å². The van der Waals surface area contributed by atoms with Crippen molar-refractivity contribution in [2.75, 3.05) is 7.11 Å². The molecule has 8 rings (SSSR count). The summed E-state index contributed by atoms with van der Waals surface area (Å²) in [6.45, 7) is 2.47. The van der Waals surface area contributed by atoms with Crippen molar-refractivity contribution >= 4 is 5.71 Å². The van der Waals surface area contributed by atoms with Crippen molar-refractivity contribution in [2.24, 2.45) is 40.2 Å². The fraction of sp³-hybridized carbons (Fsp3) is 0.759. The standard InChI is InChI=1S/C29H39NO2/c1-28-10-9-24-23-6-4-22(32-29-15-18-11-19(16-29)13-20(12-18)17-29)14-21(23)3-5-25(24)26(28)7-8-27(28)30-31-2/h4,6,14,18-20,24-26H,3,5,7-13,15-17H2,1-2H3/b30-27+/t18?,19?,20?,24-,25-,26+,28+,29?/m1/s1. The number of aryl methyl sites for hydroxylation is 1. The topological polar surface area (TPSA) is 30.8 Å². The van der Waals surface area contributed by atoms with Gasteiger partial charge < -0.3 is 9.57 Å². The second-order valence-corrected chi connectivity index (χ2v) is 12.7.